The maximum Gasteiger partial charge on any atom is 1.00 e. The Labute approximate surface area is 148 Å². The van der Waals surface area contributed by atoms with Crippen molar-refractivity contribution in [1.82, 2.24) is 4.72 Å². The fourth-order valence-corrected chi connectivity index (χ4v) is 3.34. The van der Waals surface area contributed by atoms with Crippen molar-refractivity contribution in [3.8, 4) is 0 Å². The standard InChI is InChI=1S/C8H11O4.C2H7NO5S2.Li/c9-7(10)5-3-1-2-4-6(5)8(11)12;4-1-3-10(7,8)2-9(5)6;/h1,5-6H,2-4H2,(H,9,10)(H,11,12);3-4H,1-2H2,(H,5,6);/q-1;;+1/p-1. The maximum absolute atomic E-state index is 10.6. The smallest absolute Gasteiger partial charge is 0.772 e. The number of carboxylic acid groups (broad SMARTS) is 2. The average Bonchev–Trinajstić information content (AvgIpc) is 2.37. The molecule has 1 rings (SSSR count). The second kappa shape index (κ2) is 12.0. The fraction of sp³-hybridized carbons (Fsp3) is 0.700. The predicted octanol–water partition coefficient (Wildman–Crippen LogP) is -4.53. The number of carboxylic acids is 2. The molecule has 0 aliphatic heterocycles. The number of aliphatic carboxylic acids is 2. The zero-order chi connectivity index (χ0) is 17.3. The van der Waals surface area contributed by atoms with Crippen molar-refractivity contribution >= 4 is 33.0 Å². The largest absolute Gasteiger partial charge is 1.00 e. The van der Waals surface area contributed by atoms with Crippen LogP contribution < -0.4 is 23.6 Å². The molecule has 1 fully saturated rings. The van der Waals surface area contributed by atoms with Gasteiger partial charge in [-0.15, -0.1) is 0 Å². The van der Waals surface area contributed by atoms with E-state index in [2.05, 4.69) is 0 Å². The summed E-state index contributed by atoms with van der Waals surface area (Å²) < 4.78 is 41.9. The van der Waals surface area contributed by atoms with E-state index in [9.17, 15) is 26.8 Å². The molecule has 4 N–H and O–H groups in total. The molecule has 13 heteroatoms. The zero-order valence-electron chi connectivity index (χ0n) is 12.4. The van der Waals surface area contributed by atoms with E-state index < -0.39 is 56.7 Å². The predicted molar refractivity (Wildman–Crippen MR) is 73.3 cm³/mol. The Morgan fingerprint density at radius 2 is 1.78 bits per heavy atom. The van der Waals surface area contributed by atoms with Gasteiger partial charge in [-0.05, 0) is 11.1 Å². The van der Waals surface area contributed by atoms with Gasteiger partial charge in [0.2, 0.25) is 10.0 Å². The van der Waals surface area contributed by atoms with Crippen molar-refractivity contribution in [3.05, 3.63) is 6.42 Å². The second-order valence-electron chi connectivity index (χ2n) is 4.33. The van der Waals surface area contributed by atoms with Crippen LogP contribution in [0, 0.1) is 18.3 Å². The van der Waals surface area contributed by atoms with Crippen LogP contribution in [-0.4, -0.2) is 56.3 Å². The third-order valence-electron chi connectivity index (χ3n) is 2.76. The summed E-state index contributed by atoms with van der Waals surface area (Å²) in [4.78, 5) is 21.2. The number of carbonyl (C=O) groups is 2. The summed E-state index contributed by atoms with van der Waals surface area (Å²) in [5, 5.41) is 24.4. The van der Waals surface area contributed by atoms with Crippen molar-refractivity contribution in [2.75, 3.05) is 11.8 Å². The molecule has 0 spiro atoms. The monoisotopic (exact) mass is 366 g/mol. The number of nitrogens with one attached hydrogen (secondary N) is 1. The topological polar surface area (TPSA) is 181 Å². The van der Waals surface area contributed by atoms with Crippen molar-refractivity contribution in [1.29, 1.82) is 0 Å². The van der Waals surface area contributed by atoms with Crippen LogP contribution in [0.1, 0.15) is 19.3 Å². The molecule has 1 aliphatic carbocycles. The van der Waals surface area contributed by atoms with Gasteiger partial charge in [0.1, 0.15) is 11.8 Å². The summed E-state index contributed by atoms with van der Waals surface area (Å²) in [5.41, 5.74) is 0. The van der Waals surface area contributed by atoms with Crippen LogP contribution >= 0.6 is 0 Å². The summed E-state index contributed by atoms with van der Waals surface area (Å²) in [6.45, 7) is -0.792. The van der Waals surface area contributed by atoms with Crippen molar-refractivity contribution < 1.29 is 60.9 Å². The molecule has 10 nitrogen and oxygen atoms in total. The number of sulfonamides is 1. The first kappa shape index (κ1) is 24.8. The molecule has 3 atom stereocenters. The molecular formula is C10H17LiNO9S2-. The Morgan fingerprint density at radius 1 is 1.26 bits per heavy atom. The molecule has 1 saturated carbocycles. The average molecular weight is 366 g/mol. The summed E-state index contributed by atoms with van der Waals surface area (Å²) in [5.74, 6) is -3.42. The van der Waals surface area contributed by atoms with E-state index in [1.165, 1.54) is 0 Å². The summed E-state index contributed by atoms with van der Waals surface area (Å²) in [7, 11) is -3.84. The number of rotatable bonds is 6. The minimum Gasteiger partial charge on any atom is -0.772 e. The SMILES string of the molecule is O=C(O)C1C[CH-]CCC1C(=O)O.O=S([O-])CS(=O)(=O)NCO.[Li+]. The fourth-order valence-electron chi connectivity index (χ4n) is 1.80. The van der Waals surface area contributed by atoms with Crippen LogP contribution in [0.15, 0.2) is 0 Å². The summed E-state index contributed by atoms with van der Waals surface area (Å²) in [6, 6.07) is 0. The van der Waals surface area contributed by atoms with Crippen LogP contribution in [-0.2, 0) is 30.7 Å². The molecule has 130 valence electrons. The van der Waals surface area contributed by atoms with E-state index in [0.717, 1.165) is 0 Å². The minimum absolute atomic E-state index is 0. The first-order chi connectivity index (χ1) is 10.1. The number of aliphatic hydroxyl groups is 1. The van der Waals surface area contributed by atoms with Gasteiger partial charge in [0.05, 0.1) is 5.92 Å². The van der Waals surface area contributed by atoms with Gasteiger partial charge in [-0.3, -0.25) is 13.8 Å². The van der Waals surface area contributed by atoms with Gasteiger partial charge in [-0.1, -0.05) is 6.42 Å². The number of hydrogen-bond acceptors (Lipinski definition) is 7. The minimum atomic E-state index is -3.84. The molecule has 1 aliphatic rings. The normalized spacial score (nSPS) is 22.0. The van der Waals surface area contributed by atoms with Gasteiger partial charge < -0.3 is 26.3 Å². The Morgan fingerprint density at radius 3 is 2.13 bits per heavy atom. The molecule has 0 amide bonds. The summed E-state index contributed by atoms with van der Waals surface area (Å²) in [6.07, 6.45) is 3.39. The van der Waals surface area contributed by atoms with Gasteiger partial charge in [-0.2, -0.15) is 17.6 Å². The molecule has 3 unspecified atom stereocenters. The first-order valence-electron chi connectivity index (χ1n) is 6.02. The molecule has 0 aromatic rings. The molecule has 23 heavy (non-hydrogen) atoms. The van der Waals surface area contributed by atoms with Gasteiger partial charge in [0.25, 0.3) is 0 Å². The molecule has 0 saturated heterocycles. The number of aliphatic hydroxyl groups excluding tert-OH is 1. The van der Waals surface area contributed by atoms with Crippen molar-refractivity contribution in [2.45, 2.75) is 19.3 Å². The Hall–Kier alpha value is -0.483. The van der Waals surface area contributed by atoms with Crippen LogP contribution in [0.5, 0.6) is 0 Å². The maximum atomic E-state index is 10.6. The van der Waals surface area contributed by atoms with E-state index in [-0.39, 0.29) is 18.9 Å². The Bertz CT molecular complexity index is 488. The van der Waals surface area contributed by atoms with E-state index >= 15 is 0 Å². The summed E-state index contributed by atoms with van der Waals surface area (Å²) >= 11 is -2.65. The van der Waals surface area contributed by atoms with Gasteiger partial charge in [0.15, 0.2) is 0 Å². The quantitative estimate of drug-likeness (QED) is 0.156. The van der Waals surface area contributed by atoms with E-state index in [0.29, 0.717) is 19.3 Å². The second-order valence-corrected chi connectivity index (χ2v) is 7.40. The molecule has 0 radical (unpaired) electrons. The third kappa shape index (κ3) is 10.8. The Balaban J connectivity index is 0. The van der Waals surface area contributed by atoms with E-state index in [1.807, 2.05) is 6.42 Å². The van der Waals surface area contributed by atoms with Crippen molar-refractivity contribution in [2.24, 2.45) is 11.8 Å². The van der Waals surface area contributed by atoms with Crippen LogP contribution in [0.4, 0.5) is 0 Å². The van der Waals surface area contributed by atoms with E-state index in [4.69, 9.17) is 15.3 Å². The third-order valence-corrected chi connectivity index (χ3v) is 5.34. The van der Waals surface area contributed by atoms with Gasteiger partial charge in [-0.25, -0.2) is 8.42 Å². The van der Waals surface area contributed by atoms with Crippen LogP contribution in [0.25, 0.3) is 0 Å². The molecule has 0 heterocycles. The van der Waals surface area contributed by atoms with Crippen LogP contribution in [0.2, 0.25) is 0 Å². The van der Waals surface area contributed by atoms with E-state index in [1.54, 1.807) is 4.72 Å². The first-order valence-corrected chi connectivity index (χ1v) is 8.91. The van der Waals surface area contributed by atoms with Gasteiger partial charge in [0, 0.05) is 5.92 Å². The zero-order valence-corrected chi connectivity index (χ0v) is 14.0. The van der Waals surface area contributed by atoms with Crippen LogP contribution in [0.3, 0.4) is 0 Å². The Kier molecular flexibility index (Phi) is 12.9. The molecule has 0 aromatic heterocycles. The number of hydrogen-bond donors (Lipinski definition) is 4. The van der Waals surface area contributed by atoms with Crippen molar-refractivity contribution in [3.63, 3.8) is 0 Å². The molecular weight excluding hydrogens is 349 g/mol. The molecule has 0 aromatic carbocycles. The van der Waals surface area contributed by atoms with Gasteiger partial charge >= 0.3 is 30.8 Å². The molecule has 0 bridgehead atoms.